The number of nitrogens with zero attached hydrogens (tertiary/aromatic N) is 3. The zero-order valence-electron chi connectivity index (χ0n) is 14.3. The van der Waals surface area contributed by atoms with E-state index < -0.39 is 0 Å². The maximum atomic E-state index is 12.2. The summed E-state index contributed by atoms with van der Waals surface area (Å²) in [4.78, 5) is 16.5. The molecule has 0 spiro atoms. The van der Waals surface area contributed by atoms with Crippen LogP contribution in [0.25, 0.3) is 5.69 Å². The summed E-state index contributed by atoms with van der Waals surface area (Å²) in [5, 5.41) is 7.31. The molecule has 1 N–H and O–H groups in total. The Kier molecular flexibility index (Phi) is 5.57. The highest BCUT2D eigenvalue weighted by atomic mass is 16.1. The third kappa shape index (κ3) is 4.76. The van der Waals surface area contributed by atoms with E-state index in [1.54, 1.807) is 12.4 Å². The molecule has 0 saturated heterocycles. The molecule has 25 heavy (non-hydrogen) atoms. The van der Waals surface area contributed by atoms with Crippen LogP contribution in [0.1, 0.15) is 37.1 Å². The highest BCUT2D eigenvalue weighted by Crippen LogP contribution is 2.17. The minimum atomic E-state index is -0.0436. The van der Waals surface area contributed by atoms with E-state index in [2.05, 4.69) is 15.4 Å². The van der Waals surface area contributed by atoms with E-state index in [0.29, 0.717) is 6.42 Å². The largest absolute Gasteiger partial charge is 0.350 e. The summed E-state index contributed by atoms with van der Waals surface area (Å²) in [5.74, 6) is 0.0629. The van der Waals surface area contributed by atoms with Crippen molar-refractivity contribution in [3.8, 4) is 5.69 Å². The maximum Gasteiger partial charge on any atom is 0.220 e. The van der Waals surface area contributed by atoms with Crippen LogP contribution in [-0.4, -0.2) is 20.7 Å². The van der Waals surface area contributed by atoms with Gasteiger partial charge < -0.3 is 5.32 Å². The molecular formula is C20H22N4O. The number of hydrogen-bond acceptors (Lipinski definition) is 3. The quantitative estimate of drug-likeness (QED) is 0.720. The van der Waals surface area contributed by atoms with Crippen molar-refractivity contribution in [1.82, 2.24) is 20.1 Å². The molecule has 0 fully saturated rings. The van der Waals surface area contributed by atoms with Crippen molar-refractivity contribution in [2.75, 3.05) is 0 Å². The van der Waals surface area contributed by atoms with Crippen LogP contribution in [0.15, 0.2) is 67.1 Å². The van der Waals surface area contributed by atoms with Crippen LogP contribution < -0.4 is 5.32 Å². The number of aromatic nitrogens is 3. The second-order valence-electron chi connectivity index (χ2n) is 6.01. The number of aryl methyl sites for hydroxylation is 1. The number of pyridine rings is 1. The molecule has 1 aromatic carbocycles. The van der Waals surface area contributed by atoms with E-state index in [-0.39, 0.29) is 11.9 Å². The molecule has 128 valence electrons. The Bertz CT molecular complexity index is 800. The lowest BCUT2D eigenvalue weighted by atomic mass is 10.1. The predicted octanol–water partition coefficient (Wildman–Crippen LogP) is 3.47. The van der Waals surface area contributed by atoms with E-state index in [0.717, 1.165) is 29.8 Å². The monoisotopic (exact) mass is 334 g/mol. The van der Waals surface area contributed by atoms with Crippen LogP contribution >= 0.6 is 0 Å². The maximum absolute atomic E-state index is 12.2. The Morgan fingerprint density at radius 2 is 2.08 bits per heavy atom. The van der Waals surface area contributed by atoms with Gasteiger partial charge in [0, 0.05) is 30.7 Å². The van der Waals surface area contributed by atoms with Gasteiger partial charge in [-0.2, -0.15) is 5.10 Å². The number of nitrogens with one attached hydrogen (secondary N) is 1. The van der Waals surface area contributed by atoms with Gasteiger partial charge in [-0.05, 0) is 55.7 Å². The Balaban J connectivity index is 1.52. The van der Waals surface area contributed by atoms with Crippen LogP contribution in [-0.2, 0) is 11.2 Å². The normalized spacial score (nSPS) is 11.9. The van der Waals surface area contributed by atoms with Crippen LogP contribution in [0.4, 0.5) is 0 Å². The van der Waals surface area contributed by atoms with Crippen molar-refractivity contribution in [1.29, 1.82) is 0 Å². The molecule has 5 nitrogen and oxygen atoms in total. The Morgan fingerprint density at radius 3 is 2.84 bits per heavy atom. The molecule has 0 saturated carbocycles. The molecule has 2 heterocycles. The average Bonchev–Trinajstić information content (AvgIpc) is 3.17. The second kappa shape index (κ2) is 8.24. The van der Waals surface area contributed by atoms with Gasteiger partial charge in [-0.3, -0.25) is 9.78 Å². The lowest BCUT2D eigenvalue weighted by Crippen LogP contribution is -2.26. The summed E-state index contributed by atoms with van der Waals surface area (Å²) in [6.07, 6.45) is 7.55. The van der Waals surface area contributed by atoms with Crippen molar-refractivity contribution in [2.45, 2.75) is 32.2 Å². The molecule has 1 amide bonds. The molecule has 3 rings (SSSR count). The van der Waals surface area contributed by atoms with Crippen LogP contribution in [0.5, 0.6) is 0 Å². The number of hydrogen-bond donors (Lipinski definition) is 1. The Hall–Kier alpha value is -2.95. The fraction of sp³-hybridized carbons (Fsp3) is 0.250. The predicted molar refractivity (Wildman–Crippen MR) is 97.3 cm³/mol. The fourth-order valence-electron chi connectivity index (χ4n) is 2.73. The van der Waals surface area contributed by atoms with E-state index in [4.69, 9.17) is 0 Å². The van der Waals surface area contributed by atoms with Crippen molar-refractivity contribution in [3.05, 3.63) is 78.4 Å². The summed E-state index contributed by atoms with van der Waals surface area (Å²) >= 11 is 0. The molecule has 0 radical (unpaired) electrons. The number of carbonyl (C=O) groups is 1. The lowest BCUT2D eigenvalue weighted by molar-refractivity contribution is -0.121. The number of rotatable bonds is 7. The topological polar surface area (TPSA) is 59.8 Å². The highest BCUT2D eigenvalue weighted by molar-refractivity contribution is 5.76. The van der Waals surface area contributed by atoms with Crippen LogP contribution in [0.3, 0.4) is 0 Å². The van der Waals surface area contributed by atoms with Gasteiger partial charge in [0.05, 0.1) is 11.7 Å². The first-order valence-electron chi connectivity index (χ1n) is 8.51. The number of benzene rings is 1. The van der Waals surface area contributed by atoms with E-state index in [1.807, 2.05) is 66.3 Å². The first-order valence-corrected chi connectivity index (χ1v) is 8.51. The molecule has 0 aliphatic rings. The minimum Gasteiger partial charge on any atom is -0.350 e. The first-order chi connectivity index (χ1) is 12.2. The molecule has 0 aliphatic carbocycles. The fourth-order valence-corrected chi connectivity index (χ4v) is 2.73. The third-order valence-electron chi connectivity index (χ3n) is 4.08. The SMILES string of the molecule is CC(NC(=O)CCCc1ccccn1)c1cccc(-n2cccn2)c1. The zero-order valence-corrected chi connectivity index (χ0v) is 14.3. The third-order valence-corrected chi connectivity index (χ3v) is 4.08. The Morgan fingerprint density at radius 1 is 1.16 bits per heavy atom. The van der Waals surface area contributed by atoms with Gasteiger partial charge >= 0.3 is 0 Å². The molecule has 3 aromatic rings. The molecule has 1 unspecified atom stereocenters. The Labute approximate surface area is 147 Å². The van der Waals surface area contributed by atoms with Gasteiger partial charge in [-0.25, -0.2) is 4.68 Å². The summed E-state index contributed by atoms with van der Waals surface area (Å²) in [6.45, 7) is 2.00. The van der Waals surface area contributed by atoms with Crippen molar-refractivity contribution in [3.63, 3.8) is 0 Å². The molecule has 1 atom stereocenters. The van der Waals surface area contributed by atoms with Gasteiger partial charge in [0.25, 0.3) is 0 Å². The molecule has 2 aromatic heterocycles. The second-order valence-corrected chi connectivity index (χ2v) is 6.01. The van der Waals surface area contributed by atoms with Gasteiger partial charge in [0.2, 0.25) is 5.91 Å². The van der Waals surface area contributed by atoms with E-state index >= 15 is 0 Å². The minimum absolute atomic E-state index is 0.0436. The van der Waals surface area contributed by atoms with Gasteiger partial charge in [0.15, 0.2) is 0 Å². The first kappa shape index (κ1) is 16.9. The van der Waals surface area contributed by atoms with Crippen molar-refractivity contribution >= 4 is 5.91 Å². The zero-order chi connectivity index (χ0) is 17.5. The summed E-state index contributed by atoms with van der Waals surface area (Å²) in [5.41, 5.74) is 3.07. The molecule has 5 heteroatoms. The number of amides is 1. The lowest BCUT2D eigenvalue weighted by Gasteiger charge is -2.15. The molecule has 0 aliphatic heterocycles. The van der Waals surface area contributed by atoms with Crippen molar-refractivity contribution in [2.24, 2.45) is 0 Å². The van der Waals surface area contributed by atoms with Crippen LogP contribution in [0.2, 0.25) is 0 Å². The molecule has 0 bridgehead atoms. The standard InChI is InChI=1S/C20H22N4O/c1-16(17-7-4-10-19(15-17)24-14-6-13-22-24)23-20(25)11-5-9-18-8-2-3-12-21-18/h2-4,6-8,10,12-16H,5,9,11H2,1H3,(H,23,25). The summed E-state index contributed by atoms with van der Waals surface area (Å²) in [6, 6.07) is 15.7. The average molecular weight is 334 g/mol. The smallest absolute Gasteiger partial charge is 0.220 e. The number of carbonyl (C=O) groups excluding carboxylic acids is 1. The van der Waals surface area contributed by atoms with Gasteiger partial charge in [-0.1, -0.05) is 18.2 Å². The summed E-state index contributed by atoms with van der Waals surface area (Å²) < 4.78 is 1.81. The highest BCUT2D eigenvalue weighted by Gasteiger charge is 2.10. The summed E-state index contributed by atoms with van der Waals surface area (Å²) in [7, 11) is 0. The van der Waals surface area contributed by atoms with Gasteiger partial charge in [-0.15, -0.1) is 0 Å². The van der Waals surface area contributed by atoms with Crippen LogP contribution in [0, 0.1) is 0 Å². The molecular weight excluding hydrogens is 312 g/mol. The van der Waals surface area contributed by atoms with Gasteiger partial charge in [0.1, 0.15) is 0 Å². The van der Waals surface area contributed by atoms with Crippen molar-refractivity contribution < 1.29 is 4.79 Å². The van der Waals surface area contributed by atoms with E-state index in [1.165, 1.54) is 0 Å². The van der Waals surface area contributed by atoms with E-state index in [9.17, 15) is 4.79 Å².